The van der Waals surface area contributed by atoms with Crippen LogP contribution in [0.25, 0.3) is 0 Å². The topological polar surface area (TPSA) is 32.3 Å². The summed E-state index contributed by atoms with van der Waals surface area (Å²) in [6, 6.07) is 4.67. The smallest absolute Gasteiger partial charge is 0.376 e. The number of alkyl halides is 3. The number of hydrogen-bond donors (Lipinski definition) is 1. The van der Waals surface area contributed by atoms with Gasteiger partial charge in [-0.2, -0.15) is 13.2 Å². The maximum atomic E-state index is 12.4. The molecule has 0 fully saturated rings. The number of carbonyl (C=O) groups is 1. The van der Waals surface area contributed by atoms with Crippen LogP contribution >= 0.6 is 0 Å². The van der Waals surface area contributed by atoms with Gasteiger partial charge in [0.2, 0.25) is 5.91 Å². The second-order valence-electron chi connectivity index (χ2n) is 4.81. The first-order valence-electron chi connectivity index (χ1n) is 7.07. The van der Waals surface area contributed by atoms with Crippen LogP contribution in [-0.4, -0.2) is 30.4 Å². The van der Waals surface area contributed by atoms with Crippen molar-refractivity contribution in [1.29, 1.82) is 0 Å². The van der Waals surface area contributed by atoms with Gasteiger partial charge in [0.25, 0.3) is 0 Å². The van der Waals surface area contributed by atoms with Gasteiger partial charge in [-0.1, -0.05) is 13.8 Å². The van der Waals surface area contributed by atoms with Gasteiger partial charge in [0.05, 0.1) is 12.1 Å². The Hall–Kier alpha value is -1.72. The fourth-order valence-electron chi connectivity index (χ4n) is 1.97. The molecule has 0 aliphatic carbocycles. The molecule has 1 rings (SSSR count). The van der Waals surface area contributed by atoms with Crippen LogP contribution in [0.2, 0.25) is 0 Å². The summed E-state index contributed by atoms with van der Waals surface area (Å²) < 4.78 is 37.3. The molecule has 21 heavy (non-hydrogen) atoms. The van der Waals surface area contributed by atoms with E-state index in [1.54, 1.807) is 4.90 Å². The van der Waals surface area contributed by atoms with Crippen LogP contribution in [0.15, 0.2) is 24.3 Å². The third-order valence-electron chi connectivity index (χ3n) is 3.00. The molecule has 6 heteroatoms. The molecule has 1 aromatic rings. The molecule has 1 N–H and O–H groups in total. The molecule has 0 aliphatic rings. The van der Waals surface area contributed by atoms with E-state index in [1.165, 1.54) is 12.1 Å². The summed E-state index contributed by atoms with van der Waals surface area (Å²) in [6.45, 7) is 5.48. The van der Waals surface area contributed by atoms with Gasteiger partial charge in [-0.05, 0) is 37.1 Å². The van der Waals surface area contributed by atoms with Crippen LogP contribution in [0, 0.1) is 0 Å². The summed E-state index contributed by atoms with van der Waals surface area (Å²) in [5, 5.41) is 2.86. The van der Waals surface area contributed by atoms with Crippen molar-refractivity contribution in [1.82, 2.24) is 4.90 Å². The maximum Gasteiger partial charge on any atom is 0.416 e. The van der Waals surface area contributed by atoms with Crippen molar-refractivity contribution >= 4 is 11.6 Å². The number of carbonyl (C=O) groups excluding carboxylic acids is 1. The molecule has 3 nitrogen and oxygen atoms in total. The number of halogens is 3. The van der Waals surface area contributed by atoms with Crippen molar-refractivity contribution in [2.45, 2.75) is 32.9 Å². The zero-order valence-corrected chi connectivity index (χ0v) is 12.3. The lowest BCUT2D eigenvalue weighted by Crippen LogP contribution is -2.36. The predicted octanol–water partition coefficient (Wildman–Crippen LogP) is 3.77. The zero-order valence-electron chi connectivity index (χ0n) is 12.3. The fraction of sp³-hybridized carbons (Fsp3) is 0.533. The van der Waals surface area contributed by atoms with Crippen molar-refractivity contribution in [3.05, 3.63) is 29.8 Å². The summed E-state index contributed by atoms with van der Waals surface area (Å²) >= 11 is 0. The Morgan fingerprint density at radius 3 is 2.05 bits per heavy atom. The lowest BCUT2D eigenvalue weighted by molar-refractivity contribution is -0.137. The third-order valence-corrected chi connectivity index (χ3v) is 3.00. The standard InChI is InChI=1S/C15H21F3N2O/c1-3-9-20(10-4-2)14(21)11-19-13-7-5-12(6-8-13)15(16,17)18/h5-8,19H,3-4,9-11H2,1-2H3. The number of rotatable bonds is 7. The molecular weight excluding hydrogens is 281 g/mol. The Morgan fingerprint density at radius 2 is 1.62 bits per heavy atom. The van der Waals surface area contributed by atoms with Crippen LogP contribution < -0.4 is 5.32 Å². The Balaban J connectivity index is 2.56. The van der Waals surface area contributed by atoms with Gasteiger partial charge < -0.3 is 10.2 Å². The molecule has 0 heterocycles. The second-order valence-corrected chi connectivity index (χ2v) is 4.81. The lowest BCUT2D eigenvalue weighted by Gasteiger charge is -2.22. The normalized spacial score (nSPS) is 11.3. The van der Waals surface area contributed by atoms with Crippen LogP contribution in [0.5, 0.6) is 0 Å². The highest BCUT2D eigenvalue weighted by molar-refractivity contribution is 5.80. The Morgan fingerprint density at radius 1 is 1.10 bits per heavy atom. The van der Waals surface area contributed by atoms with Gasteiger partial charge in [-0.3, -0.25) is 4.79 Å². The zero-order chi connectivity index (χ0) is 15.9. The second kappa shape index (κ2) is 7.90. The number of nitrogens with one attached hydrogen (secondary N) is 1. The molecule has 118 valence electrons. The van der Waals surface area contributed by atoms with Crippen molar-refractivity contribution in [3.63, 3.8) is 0 Å². The molecule has 0 saturated carbocycles. The summed E-state index contributed by atoms with van der Waals surface area (Å²) in [6.07, 6.45) is -2.58. The molecule has 0 aliphatic heterocycles. The Labute approximate surface area is 123 Å². The number of hydrogen-bond acceptors (Lipinski definition) is 2. The van der Waals surface area contributed by atoms with Crippen LogP contribution in [0.4, 0.5) is 18.9 Å². The van der Waals surface area contributed by atoms with Crippen LogP contribution in [0.3, 0.4) is 0 Å². The summed E-state index contributed by atoms with van der Waals surface area (Å²) in [5.74, 6) is -0.0430. The average molecular weight is 302 g/mol. The molecule has 0 aromatic heterocycles. The molecule has 1 aromatic carbocycles. The molecule has 0 atom stereocenters. The monoisotopic (exact) mass is 302 g/mol. The minimum absolute atomic E-state index is 0.0430. The Bertz CT molecular complexity index is 437. The van der Waals surface area contributed by atoms with Gasteiger partial charge in [-0.25, -0.2) is 0 Å². The number of nitrogens with zero attached hydrogens (tertiary/aromatic N) is 1. The van der Waals surface area contributed by atoms with E-state index in [9.17, 15) is 18.0 Å². The molecular formula is C15H21F3N2O. The predicted molar refractivity (Wildman–Crippen MR) is 77.1 cm³/mol. The SMILES string of the molecule is CCCN(CCC)C(=O)CNc1ccc(C(F)(F)F)cc1. The largest absolute Gasteiger partial charge is 0.416 e. The summed E-state index contributed by atoms with van der Waals surface area (Å²) in [4.78, 5) is 13.8. The van der Waals surface area contributed by atoms with E-state index in [2.05, 4.69) is 5.32 Å². The number of benzene rings is 1. The quantitative estimate of drug-likeness (QED) is 0.831. The summed E-state index contributed by atoms with van der Waals surface area (Å²) in [7, 11) is 0. The molecule has 0 spiro atoms. The highest BCUT2D eigenvalue weighted by Gasteiger charge is 2.29. The highest BCUT2D eigenvalue weighted by Crippen LogP contribution is 2.29. The van der Waals surface area contributed by atoms with Crippen molar-refractivity contribution < 1.29 is 18.0 Å². The first-order valence-corrected chi connectivity index (χ1v) is 7.07. The van der Waals surface area contributed by atoms with Crippen molar-refractivity contribution in [2.24, 2.45) is 0 Å². The van der Waals surface area contributed by atoms with E-state index >= 15 is 0 Å². The number of amides is 1. The fourth-order valence-corrected chi connectivity index (χ4v) is 1.97. The van der Waals surface area contributed by atoms with Crippen molar-refractivity contribution in [2.75, 3.05) is 25.0 Å². The molecule has 0 radical (unpaired) electrons. The van der Waals surface area contributed by atoms with E-state index in [-0.39, 0.29) is 12.5 Å². The first-order chi connectivity index (χ1) is 9.88. The maximum absolute atomic E-state index is 12.4. The molecule has 1 amide bonds. The van der Waals surface area contributed by atoms with Crippen LogP contribution in [0.1, 0.15) is 32.3 Å². The Kier molecular flexibility index (Phi) is 6.52. The lowest BCUT2D eigenvalue weighted by atomic mass is 10.2. The molecule has 0 unspecified atom stereocenters. The average Bonchev–Trinajstić information content (AvgIpc) is 2.44. The van der Waals surface area contributed by atoms with Gasteiger partial charge >= 0.3 is 6.18 Å². The van der Waals surface area contributed by atoms with E-state index < -0.39 is 11.7 Å². The minimum Gasteiger partial charge on any atom is -0.376 e. The third kappa shape index (κ3) is 5.65. The van der Waals surface area contributed by atoms with Gasteiger partial charge in [0.15, 0.2) is 0 Å². The number of anilines is 1. The van der Waals surface area contributed by atoms with Gasteiger partial charge in [0.1, 0.15) is 0 Å². The highest BCUT2D eigenvalue weighted by atomic mass is 19.4. The minimum atomic E-state index is -4.34. The molecule has 0 saturated heterocycles. The van der Waals surface area contributed by atoms with E-state index in [4.69, 9.17) is 0 Å². The molecule has 0 bridgehead atoms. The van der Waals surface area contributed by atoms with E-state index in [0.717, 1.165) is 25.0 Å². The van der Waals surface area contributed by atoms with Gasteiger partial charge in [-0.15, -0.1) is 0 Å². The van der Waals surface area contributed by atoms with E-state index in [1.807, 2.05) is 13.8 Å². The van der Waals surface area contributed by atoms with Gasteiger partial charge in [0, 0.05) is 18.8 Å². The summed E-state index contributed by atoms with van der Waals surface area (Å²) in [5.41, 5.74) is -0.192. The van der Waals surface area contributed by atoms with Crippen LogP contribution in [-0.2, 0) is 11.0 Å². The van der Waals surface area contributed by atoms with Crippen molar-refractivity contribution in [3.8, 4) is 0 Å². The first kappa shape index (κ1) is 17.3. The van der Waals surface area contributed by atoms with E-state index in [0.29, 0.717) is 18.8 Å².